The predicted octanol–water partition coefficient (Wildman–Crippen LogP) is 3.95. The summed E-state index contributed by atoms with van der Waals surface area (Å²) in [6.07, 6.45) is 5.58. The zero-order valence-corrected chi connectivity index (χ0v) is 13.6. The third kappa shape index (κ3) is 5.50. The van der Waals surface area contributed by atoms with Crippen LogP contribution in [0.1, 0.15) is 53.0 Å². The van der Waals surface area contributed by atoms with E-state index in [1.807, 2.05) is 19.9 Å². The Morgan fingerprint density at radius 2 is 1.95 bits per heavy atom. The Labute approximate surface area is 127 Å². The van der Waals surface area contributed by atoms with E-state index in [9.17, 15) is 4.79 Å². The lowest BCUT2D eigenvalue weighted by Gasteiger charge is -2.07. The molecular weight excluding hydrogens is 264 g/mol. The Balaban J connectivity index is 2.92. The fraction of sp³-hybridized carbons (Fsp3) is 0.471. The molecule has 0 spiro atoms. The van der Waals surface area contributed by atoms with Gasteiger partial charge in [0, 0.05) is 28.7 Å². The SMILES string of the molecule is CCCCOc1cncc(C(C)=N/C(C)=C(\C)C(C)=O)c1. The minimum Gasteiger partial charge on any atom is -0.492 e. The maximum atomic E-state index is 11.3. The summed E-state index contributed by atoms with van der Waals surface area (Å²) in [6, 6.07) is 1.93. The van der Waals surface area contributed by atoms with Crippen LogP contribution in [0, 0.1) is 0 Å². The molecule has 114 valence electrons. The Bertz CT molecular complexity index is 560. The molecule has 21 heavy (non-hydrogen) atoms. The number of unbranched alkanes of at least 4 members (excludes halogenated alkanes) is 1. The fourth-order valence-electron chi connectivity index (χ4n) is 1.68. The Morgan fingerprint density at radius 1 is 1.24 bits per heavy atom. The lowest BCUT2D eigenvalue weighted by atomic mass is 10.1. The number of rotatable bonds is 7. The van der Waals surface area contributed by atoms with Crippen LogP contribution < -0.4 is 4.74 Å². The minimum absolute atomic E-state index is 0.0406. The molecule has 0 amide bonds. The highest BCUT2D eigenvalue weighted by molar-refractivity contribution is 6.00. The van der Waals surface area contributed by atoms with Gasteiger partial charge in [-0.15, -0.1) is 0 Å². The number of pyridine rings is 1. The second-order valence-electron chi connectivity index (χ2n) is 5.08. The zero-order chi connectivity index (χ0) is 15.8. The molecule has 0 aromatic carbocycles. The number of Topliss-reactive ketones (excluding diaryl/α,β-unsaturated/α-hetero) is 1. The van der Waals surface area contributed by atoms with Gasteiger partial charge in [0.15, 0.2) is 5.78 Å². The van der Waals surface area contributed by atoms with Crippen LogP contribution in [0.25, 0.3) is 0 Å². The number of hydrogen-bond acceptors (Lipinski definition) is 4. The lowest BCUT2D eigenvalue weighted by Crippen LogP contribution is -2.02. The van der Waals surface area contributed by atoms with Crippen LogP contribution >= 0.6 is 0 Å². The summed E-state index contributed by atoms with van der Waals surface area (Å²) in [5.41, 5.74) is 3.14. The van der Waals surface area contributed by atoms with E-state index in [1.165, 1.54) is 0 Å². The molecule has 0 aliphatic rings. The molecule has 0 saturated carbocycles. The summed E-state index contributed by atoms with van der Waals surface area (Å²) in [6.45, 7) is 9.91. The number of aromatic nitrogens is 1. The molecule has 1 aromatic rings. The average molecular weight is 288 g/mol. The topological polar surface area (TPSA) is 51.6 Å². The third-order valence-electron chi connectivity index (χ3n) is 3.30. The molecule has 0 unspecified atom stereocenters. The lowest BCUT2D eigenvalue weighted by molar-refractivity contribution is -0.113. The van der Waals surface area contributed by atoms with Crippen LogP contribution in [-0.2, 0) is 4.79 Å². The van der Waals surface area contributed by atoms with E-state index < -0.39 is 0 Å². The maximum absolute atomic E-state index is 11.3. The van der Waals surface area contributed by atoms with Crippen molar-refractivity contribution < 1.29 is 9.53 Å². The standard InChI is InChI=1S/C17H24N2O2/c1-6-7-8-21-17-9-16(10-18-11-17)14(4)19-13(3)12(2)15(5)20/h9-11H,6-8H2,1-5H3/b13-12+,19-14?. The summed E-state index contributed by atoms with van der Waals surface area (Å²) >= 11 is 0. The highest BCUT2D eigenvalue weighted by Crippen LogP contribution is 2.14. The van der Waals surface area contributed by atoms with Crippen LogP contribution in [0.15, 0.2) is 34.7 Å². The monoisotopic (exact) mass is 288 g/mol. The Kier molecular flexibility index (Phi) is 6.79. The van der Waals surface area contributed by atoms with Crippen LogP contribution in [0.4, 0.5) is 0 Å². The van der Waals surface area contributed by atoms with Gasteiger partial charge in [0.1, 0.15) is 5.75 Å². The van der Waals surface area contributed by atoms with Crippen molar-refractivity contribution in [2.24, 2.45) is 4.99 Å². The van der Waals surface area contributed by atoms with Crippen molar-refractivity contribution in [3.63, 3.8) is 0 Å². The molecule has 0 radical (unpaired) electrons. The third-order valence-corrected chi connectivity index (χ3v) is 3.30. The maximum Gasteiger partial charge on any atom is 0.157 e. The molecule has 0 aliphatic carbocycles. The van der Waals surface area contributed by atoms with Gasteiger partial charge in [-0.3, -0.25) is 14.8 Å². The van der Waals surface area contributed by atoms with Gasteiger partial charge >= 0.3 is 0 Å². The van der Waals surface area contributed by atoms with Crippen LogP contribution in [0.5, 0.6) is 5.75 Å². The summed E-state index contributed by atoms with van der Waals surface area (Å²) in [7, 11) is 0. The zero-order valence-electron chi connectivity index (χ0n) is 13.6. The van der Waals surface area contributed by atoms with Gasteiger partial charge in [-0.25, -0.2) is 0 Å². The number of nitrogens with zero attached hydrogens (tertiary/aromatic N) is 2. The molecule has 4 nitrogen and oxygen atoms in total. The van der Waals surface area contributed by atoms with Gasteiger partial charge in [-0.05, 0) is 40.2 Å². The van der Waals surface area contributed by atoms with Crippen LogP contribution in [0.2, 0.25) is 0 Å². The number of ketones is 1. The number of carbonyl (C=O) groups is 1. The van der Waals surface area contributed by atoms with E-state index in [1.54, 1.807) is 26.2 Å². The number of carbonyl (C=O) groups excluding carboxylic acids is 1. The largest absolute Gasteiger partial charge is 0.492 e. The van der Waals surface area contributed by atoms with E-state index in [-0.39, 0.29) is 5.78 Å². The van der Waals surface area contributed by atoms with Gasteiger partial charge in [-0.1, -0.05) is 13.3 Å². The van der Waals surface area contributed by atoms with E-state index in [0.717, 1.165) is 35.6 Å². The highest BCUT2D eigenvalue weighted by Gasteiger charge is 2.05. The summed E-state index contributed by atoms with van der Waals surface area (Å²) < 4.78 is 5.64. The first-order valence-electron chi connectivity index (χ1n) is 7.27. The fourth-order valence-corrected chi connectivity index (χ4v) is 1.68. The van der Waals surface area contributed by atoms with Crippen molar-refractivity contribution >= 4 is 11.5 Å². The minimum atomic E-state index is 0.0406. The van der Waals surface area contributed by atoms with Gasteiger partial charge < -0.3 is 4.74 Å². The normalized spacial score (nSPS) is 12.9. The van der Waals surface area contributed by atoms with Gasteiger partial charge in [-0.2, -0.15) is 0 Å². The quantitative estimate of drug-likeness (QED) is 0.433. The van der Waals surface area contributed by atoms with Crippen molar-refractivity contribution in [3.05, 3.63) is 35.3 Å². The van der Waals surface area contributed by atoms with E-state index in [0.29, 0.717) is 12.2 Å². The number of aliphatic imine (C=N–C) groups is 1. The van der Waals surface area contributed by atoms with E-state index in [2.05, 4.69) is 16.9 Å². The molecule has 0 N–H and O–H groups in total. The smallest absolute Gasteiger partial charge is 0.157 e. The molecule has 0 fully saturated rings. The van der Waals surface area contributed by atoms with Gasteiger partial charge in [0.05, 0.1) is 12.8 Å². The van der Waals surface area contributed by atoms with E-state index in [4.69, 9.17) is 4.74 Å². The number of ether oxygens (including phenoxy) is 1. The van der Waals surface area contributed by atoms with E-state index >= 15 is 0 Å². The van der Waals surface area contributed by atoms with Crippen molar-refractivity contribution in [3.8, 4) is 5.75 Å². The van der Waals surface area contributed by atoms with Crippen LogP contribution in [-0.4, -0.2) is 23.1 Å². The van der Waals surface area contributed by atoms with Crippen molar-refractivity contribution in [1.82, 2.24) is 4.98 Å². The first-order valence-corrected chi connectivity index (χ1v) is 7.27. The number of hydrogen-bond donors (Lipinski definition) is 0. The first-order chi connectivity index (χ1) is 9.95. The van der Waals surface area contributed by atoms with Gasteiger partial charge in [0.2, 0.25) is 0 Å². The summed E-state index contributed by atoms with van der Waals surface area (Å²) in [5, 5.41) is 0. The van der Waals surface area contributed by atoms with Gasteiger partial charge in [0.25, 0.3) is 0 Å². The molecule has 0 bridgehead atoms. The second-order valence-corrected chi connectivity index (χ2v) is 5.08. The molecule has 0 saturated heterocycles. The highest BCUT2D eigenvalue weighted by atomic mass is 16.5. The Morgan fingerprint density at radius 3 is 2.57 bits per heavy atom. The molecular formula is C17H24N2O2. The van der Waals surface area contributed by atoms with Crippen molar-refractivity contribution in [1.29, 1.82) is 0 Å². The van der Waals surface area contributed by atoms with Crippen molar-refractivity contribution in [2.45, 2.75) is 47.5 Å². The average Bonchev–Trinajstić information content (AvgIpc) is 2.46. The number of allylic oxidation sites excluding steroid dienone is 2. The summed E-state index contributed by atoms with van der Waals surface area (Å²) in [4.78, 5) is 20.0. The molecule has 1 rings (SSSR count). The molecule has 1 aromatic heterocycles. The van der Waals surface area contributed by atoms with Crippen molar-refractivity contribution in [2.75, 3.05) is 6.61 Å². The molecule has 4 heteroatoms. The second kappa shape index (κ2) is 8.35. The Hall–Kier alpha value is -1.97. The van der Waals surface area contributed by atoms with Crippen LogP contribution in [0.3, 0.4) is 0 Å². The molecule has 0 atom stereocenters. The molecule has 1 heterocycles. The first kappa shape index (κ1) is 17.1. The predicted molar refractivity (Wildman–Crippen MR) is 85.9 cm³/mol. The summed E-state index contributed by atoms with van der Waals surface area (Å²) in [5.74, 6) is 0.791. The molecule has 0 aliphatic heterocycles.